The molecular weight excluding hydrogens is 482 g/mol. The number of aliphatic carboxylic acids is 1. The highest BCUT2D eigenvalue weighted by Gasteiger charge is 2.38. The van der Waals surface area contributed by atoms with E-state index in [4.69, 9.17) is 9.90 Å². The molecule has 5 rings (SSSR count). The SMILES string of the molecule is Cn1cc(-c2cnc3c(N4CCN(Cc5ccccc5F)CC4)nccn23)cn1.O=C(O)C(F)(F)F. The summed E-state index contributed by atoms with van der Waals surface area (Å²) in [4.78, 5) is 22.7. The Kier molecular flexibility index (Phi) is 7.20. The fourth-order valence-electron chi connectivity index (χ4n) is 3.88. The molecule has 4 heterocycles. The van der Waals surface area contributed by atoms with Crippen LogP contribution in [0.5, 0.6) is 0 Å². The summed E-state index contributed by atoms with van der Waals surface area (Å²) in [6.45, 7) is 4.00. The summed E-state index contributed by atoms with van der Waals surface area (Å²) in [6.07, 6.45) is 4.35. The molecule has 0 bridgehead atoms. The van der Waals surface area contributed by atoms with Gasteiger partial charge in [0.15, 0.2) is 11.5 Å². The van der Waals surface area contributed by atoms with Gasteiger partial charge in [-0.1, -0.05) is 18.2 Å². The van der Waals surface area contributed by atoms with Crippen molar-refractivity contribution in [2.75, 3.05) is 31.1 Å². The zero-order chi connectivity index (χ0) is 25.9. The van der Waals surface area contributed by atoms with Crippen LogP contribution in [0.1, 0.15) is 5.56 Å². The second-order valence-electron chi connectivity index (χ2n) is 8.15. The highest BCUT2D eigenvalue weighted by atomic mass is 19.4. The number of halogens is 4. The first-order valence-corrected chi connectivity index (χ1v) is 11.0. The molecule has 1 N–H and O–H groups in total. The van der Waals surface area contributed by atoms with E-state index in [2.05, 4.69) is 29.3 Å². The molecule has 0 saturated carbocycles. The van der Waals surface area contributed by atoms with Crippen LogP contribution in [0.25, 0.3) is 16.9 Å². The third-order valence-corrected chi connectivity index (χ3v) is 5.68. The molecule has 1 aliphatic rings. The van der Waals surface area contributed by atoms with E-state index in [0.29, 0.717) is 6.54 Å². The van der Waals surface area contributed by atoms with Gasteiger partial charge in [-0.05, 0) is 6.07 Å². The fraction of sp³-hybridized carbons (Fsp3) is 0.304. The lowest BCUT2D eigenvalue weighted by molar-refractivity contribution is -0.192. The van der Waals surface area contributed by atoms with Gasteiger partial charge in [0.05, 0.1) is 18.1 Å². The van der Waals surface area contributed by atoms with Crippen molar-refractivity contribution >= 4 is 17.4 Å². The number of rotatable bonds is 4. The van der Waals surface area contributed by atoms with Crippen LogP contribution < -0.4 is 4.90 Å². The predicted molar refractivity (Wildman–Crippen MR) is 123 cm³/mol. The van der Waals surface area contributed by atoms with Crippen molar-refractivity contribution in [3.05, 3.63) is 66.6 Å². The van der Waals surface area contributed by atoms with Crippen molar-refractivity contribution in [2.24, 2.45) is 7.05 Å². The van der Waals surface area contributed by atoms with Gasteiger partial charge in [0, 0.05) is 69.5 Å². The molecule has 4 aromatic rings. The lowest BCUT2D eigenvalue weighted by Crippen LogP contribution is -2.46. The number of imidazole rings is 1. The fourth-order valence-corrected chi connectivity index (χ4v) is 3.88. The molecule has 0 radical (unpaired) electrons. The quantitative estimate of drug-likeness (QED) is 0.426. The van der Waals surface area contributed by atoms with Crippen molar-refractivity contribution in [1.82, 2.24) is 29.0 Å². The van der Waals surface area contributed by atoms with E-state index in [9.17, 15) is 17.6 Å². The normalized spacial score (nSPS) is 14.5. The molecule has 13 heteroatoms. The average Bonchev–Trinajstić information content (AvgIpc) is 3.47. The Labute approximate surface area is 203 Å². The molecule has 1 saturated heterocycles. The maximum Gasteiger partial charge on any atom is 0.490 e. The Morgan fingerprint density at radius 2 is 1.78 bits per heavy atom. The smallest absolute Gasteiger partial charge is 0.475 e. The second-order valence-corrected chi connectivity index (χ2v) is 8.15. The van der Waals surface area contributed by atoms with E-state index in [1.807, 2.05) is 50.2 Å². The summed E-state index contributed by atoms with van der Waals surface area (Å²) < 4.78 is 49.5. The number of aryl methyl sites for hydroxylation is 1. The minimum absolute atomic E-state index is 0.137. The van der Waals surface area contributed by atoms with Crippen LogP contribution in [0.2, 0.25) is 0 Å². The van der Waals surface area contributed by atoms with Crippen molar-refractivity contribution in [3.8, 4) is 11.3 Å². The summed E-state index contributed by atoms with van der Waals surface area (Å²) in [5.41, 5.74) is 3.60. The van der Waals surface area contributed by atoms with Crippen molar-refractivity contribution in [1.29, 1.82) is 0 Å². The predicted octanol–water partition coefficient (Wildman–Crippen LogP) is 3.22. The van der Waals surface area contributed by atoms with Crippen molar-refractivity contribution in [3.63, 3.8) is 0 Å². The highest BCUT2D eigenvalue weighted by molar-refractivity contribution is 5.73. The van der Waals surface area contributed by atoms with Crippen molar-refractivity contribution in [2.45, 2.75) is 12.7 Å². The van der Waals surface area contributed by atoms with E-state index in [1.54, 1.807) is 10.7 Å². The lowest BCUT2D eigenvalue weighted by atomic mass is 10.2. The maximum absolute atomic E-state index is 13.9. The van der Waals surface area contributed by atoms with Crippen LogP contribution >= 0.6 is 0 Å². The summed E-state index contributed by atoms with van der Waals surface area (Å²) in [7, 11) is 1.90. The van der Waals surface area contributed by atoms with Gasteiger partial charge in [-0.25, -0.2) is 19.2 Å². The van der Waals surface area contributed by atoms with Crippen LogP contribution in [-0.4, -0.2) is 72.5 Å². The monoisotopic (exact) mass is 505 g/mol. The number of hydrogen-bond donors (Lipinski definition) is 1. The van der Waals surface area contributed by atoms with E-state index >= 15 is 0 Å². The minimum atomic E-state index is -5.08. The molecule has 1 fully saturated rings. The third kappa shape index (κ3) is 5.62. The number of alkyl halides is 3. The van der Waals surface area contributed by atoms with E-state index in [-0.39, 0.29) is 5.82 Å². The third-order valence-electron chi connectivity index (χ3n) is 5.68. The number of fused-ring (bicyclic) bond motifs is 1. The molecule has 3 aromatic heterocycles. The molecule has 1 aromatic carbocycles. The zero-order valence-electron chi connectivity index (χ0n) is 19.2. The topological polar surface area (TPSA) is 91.8 Å². The summed E-state index contributed by atoms with van der Waals surface area (Å²) >= 11 is 0. The van der Waals surface area contributed by atoms with Gasteiger partial charge in [-0.3, -0.25) is 14.0 Å². The summed E-state index contributed by atoms with van der Waals surface area (Å²) in [6, 6.07) is 6.99. The van der Waals surface area contributed by atoms with Crippen molar-refractivity contribution < 1.29 is 27.5 Å². The zero-order valence-corrected chi connectivity index (χ0v) is 19.2. The van der Waals surface area contributed by atoms with Gasteiger partial charge in [-0.15, -0.1) is 0 Å². The first kappa shape index (κ1) is 25.1. The number of carboxylic acids is 1. The minimum Gasteiger partial charge on any atom is -0.475 e. The Morgan fingerprint density at radius 3 is 2.39 bits per heavy atom. The Balaban J connectivity index is 0.000000384. The lowest BCUT2D eigenvalue weighted by Gasteiger charge is -2.35. The number of anilines is 1. The molecule has 36 heavy (non-hydrogen) atoms. The Bertz CT molecular complexity index is 1340. The molecular formula is C23H23F4N7O2. The van der Waals surface area contributed by atoms with Crippen LogP contribution in [0.15, 0.2) is 55.2 Å². The largest absolute Gasteiger partial charge is 0.490 e. The molecule has 0 amide bonds. The van der Waals surface area contributed by atoms with E-state index in [0.717, 1.165) is 54.5 Å². The maximum atomic E-state index is 13.9. The second kappa shape index (κ2) is 10.3. The van der Waals surface area contributed by atoms with Crippen LogP contribution in [-0.2, 0) is 18.4 Å². The molecule has 0 unspecified atom stereocenters. The molecule has 190 valence electrons. The van der Waals surface area contributed by atoms with E-state index < -0.39 is 12.1 Å². The first-order valence-electron chi connectivity index (χ1n) is 11.0. The van der Waals surface area contributed by atoms with Gasteiger partial charge in [0.2, 0.25) is 0 Å². The van der Waals surface area contributed by atoms with Gasteiger partial charge in [0.25, 0.3) is 0 Å². The standard InChI is InChI=1S/C21H22FN7.C2HF3O2/c1-26-14-17(12-25-26)19-13-24-21-20(23-6-7-29(19)21)28-10-8-27(9-11-28)15-16-4-2-3-5-18(16)22;3-2(4,5)1(6)7/h2-7,12-14H,8-11,15H2,1H3;(H,6,7). The van der Waals surface area contributed by atoms with Gasteiger partial charge in [0.1, 0.15) is 5.82 Å². The van der Waals surface area contributed by atoms with Gasteiger partial charge >= 0.3 is 12.1 Å². The van der Waals surface area contributed by atoms with Gasteiger partial charge < -0.3 is 10.0 Å². The molecule has 0 aliphatic carbocycles. The van der Waals surface area contributed by atoms with Crippen LogP contribution in [0, 0.1) is 5.82 Å². The molecule has 1 aliphatic heterocycles. The number of carbonyl (C=O) groups is 1. The average molecular weight is 505 g/mol. The number of piperazine rings is 1. The molecule has 9 nitrogen and oxygen atoms in total. The number of carboxylic acid groups (broad SMARTS) is 1. The van der Waals surface area contributed by atoms with E-state index in [1.165, 1.54) is 6.07 Å². The summed E-state index contributed by atoms with van der Waals surface area (Å²) in [5.74, 6) is -2.01. The van der Waals surface area contributed by atoms with Crippen LogP contribution in [0.4, 0.5) is 23.4 Å². The molecule has 0 spiro atoms. The number of aromatic nitrogens is 5. The first-order chi connectivity index (χ1) is 17.1. The number of hydrogen-bond acceptors (Lipinski definition) is 6. The van der Waals surface area contributed by atoms with Gasteiger partial charge in [-0.2, -0.15) is 18.3 Å². The number of benzene rings is 1. The Hall–Kier alpha value is -4.00. The van der Waals surface area contributed by atoms with Crippen LogP contribution in [0.3, 0.4) is 0 Å². The highest BCUT2D eigenvalue weighted by Crippen LogP contribution is 2.25. The Morgan fingerprint density at radius 1 is 1.08 bits per heavy atom. The molecule has 0 atom stereocenters. The summed E-state index contributed by atoms with van der Waals surface area (Å²) in [5, 5.41) is 11.4. The number of nitrogens with zero attached hydrogens (tertiary/aromatic N) is 7.